The smallest absolute Gasteiger partial charge is 0.356 e. The van der Waals surface area contributed by atoms with Gasteiger partial charge in [0.25, 0.3) is 5.56 Å². The van der Waals surface area contributed by atoms with Crippen molar-refractivity contribution in [1.82, 2.24) is 19.1 Å². The molecule has 0 spiro atoms. The van der Waals surface area contributed by atoms with Gasteiger partial charge in [0.2, 0.25) is 5.95 Å². The summed E-state index contributed by atoms with van der Waals surface area (Å²) in [6, 6.07) is 2.83. The third-order valence-electron chi connectivity index (χ3n) is 5.43. The zero-order chi connectivity index (χ0) is 20.7. The van der Waals surface area contributed by atoms with Crippen LogP contribution in [-0.2, 0) is 11.8 Å². The summed E-state index contributed by atoms with van der Waals surface area (Å²) in [5.41, 5.74) is 1.08. The molecule has 1 aliphatic carbocycles. The number of pyridine rings is 1. The van der Waals surface area contributed by atoms with E-state index >= 15 is 0 Å². The molecule has 0 amide bonds. The Bertz CT molecular complexity index is 1160. The summed E-state index contributed by atoms with van der Waals surface area (Å²) in [4.78, 5) is 33.6. The number of methoxy groups -OCH3 is 1. The SMILES string of the molecule is COC(=O)c1c(Nc2nc(C)c3cc(F)c(=O)n(C4CCCC4)c3n2)ccn1C. The van der Waals surface area contributed by atoms with E-state index in [-0.39, 0.29) is 12.0 Å². The molecule has 3 aromatic rings. The van der Waals surface area contributed by atoms with Crippen LogP contribution in [-0.4, -0.2) is 32.2 Å². The van der Waals surface area contributed by atoms with Gasteiger partial charge in [0, 0.05) is 24.7 Å². The zero-order valence-electron chi connectivity index (χ0n) is 16.5. The fourth-order valence-electron chi connectivity index (χ4n) is 3.98. The molecule has 3 aromatic heterocycles. The van der Waals surface area contributed by atoms with Gasteiger partial charge in [0.05, 0.1) is 18.5 Å². The van der Waals surface area contributed by atoms with Crippen LogP contribution in [0.1, 0.15) is 47.9 Å². The number of nitrogens with zero attached hydrogens (tertiary/aromatic N) is 4. The van der Waals surface area contributed by atoms with E-state index in [1.807, 2.05) is 0 Å². The van der Waals surface area contributed by atoms with Gasteiger partial charge in [0.1, 0.15) is 5.65 Å². The van der Waals surface area contributed by atoms with E-state index in [4.69, 9.17) is 4.74 Å². The van der Waals surface area contributed by atoms with Crippen LogP contribution in [0, 0.1) is 12.7 Å². The lowest BCUT2D eigenvalue weighted by Crippen LogP contribution is -2.27. The molecule has 1 aliphatic rings. The van der Waals surface area contributed by atoms with Gasteiger partial charge in [-0.25, -0.2) is 14.2 Å². The van der Waals surface area contributed by atoms with E-state index in [1.165, 1.54) is 17.7 Å². The number of halogens is 1. The second kappa shape index (κ2) is 7.31. The minimum absolute atomic E-state index is 0.0785. The lowest BCUT2D eigenvalue weighted by molar-refractivity contribution is 0.0591. The second-order valence-electron chi connectivity index (χ2n) is 7.28. The van der Waals surface area contributed by atoms with Gasteiger partial charge in [-0.2, -0.15) is 4.98 Å². The Morgan fingerprint density at radius 2 is 2.03 bits per heavy atom. The number of aryl methyl sites for hydroxylation is 2. The Labute approximate surface area is 166 Å². The van der Waals surface area contributed by atoms with Gasteiger partial charge in [-0.1, -0.05) is 12.8 Å². The minimum atomic E-state index is -0.798. The first-order valence-corrected chi connectivity index (χ1v) is 9.50. The molecule has 29 heavy (non-hydrogen) atoms. The molecule has 0 bridgehead atoms. The van der Waals surface area contributed by atoms with Crippen LogP contribution in [0.4, 0.5) is 16.0 Å². The number of nitrogens with one attached hydrogen (secondary N) is 1. The molecule has 0 unspecified atom stereocenters. The Kier molecular flexibility index (Phi) is 4.81. The number of carbonyl (C=O) groups excluding carboxylic acids is 1. The van der Waals surface area contributed by atoms with Crippen molar-refractivity contribution >= 4 is 28.6 Å². The normalized spacial score (nSPS) is 14.5. The molecular formula is C20H22FN5O3. The molecule has 4 rings (SSSR count). The maximum atomic E-state index is 14.3. The molecular weight excluding hydrogens is 377 g/mol. The van der Waals surface area contributed by atoms with E-state index in [0.717, 1.165) is 25.7 Å². The average molecular weight is 399 g/mol. The maximum absolute atomic E-state index is 14.3. The highest BCUT2D eigenvalue weighted by Crippen LogP contribution is 2.31. The Morgan fingerprint density at radius 1 is 1.31 bits per heavy atom. The number of fused-ring (bicyclic) bond motifs is 1. The van der Waals surface area contributed by atoms with Crippen molar-refractivity contribution in [2.75, 3.05) is 12.4 Å². The van der Waals surface area contributed by atoms with Crippen LogP contribution in [0.3, 0.4) is 0 Å². The summed E-state index contributed by atoms with van der Waals surface area (Å²) < 4.78 is 22.2. The van der Waals surface area contributed by atoms with Gasteiger partial charge in [-0.3, -0.25) is 9.36 Å². The molecule has 0 aliphatic heterocycles. The van der Waals surface area contributed by atoms with E-state index in [9.17, 15) is 14.0 Å². The predicted octanol–water partition coefficient (Wildman–Crippen LogP) is 3.22. The van der Waals surface area contributed by atoms with Crippen molar-refractivity contribution in [2.45, 2.75) is 38.6 Å². The number of esters is 1. The van der Waals surface area contributed by atoms with Crippen LogP contribution in [0.5, 0.6) is 0 Å². The topological polar surface area (TPSA) is 91.0 Å². The Morgan fingerprint density at radius 3 is 2.72 bits per heavy atom. The highest BCUT2D eigenvalue weighted by atomic mass is 19.1. The minimum Gasteiger partial charge on any atom is -0.464 e. The number of rotatable bonds is 4. The van der Waals surface area contributed by atoms with Gasteiger partial charge in [0.15, 0.2) is 11.5 Å². The summed E-state index contributed by atoms with van der Waals surface area (Å²) in [5, 5.41) is 3.54. The summed E-state index contributed by atoms with van der Waals surface area (Å²) in [7, 11) is 3.04. The molecule has 1 fully saturated rings. The van der Waals surface area contributed by atoms with Crippen molar-refractivity contribution in [2.24, 2.45) is 7.05 Å². The molecule has 0 radical (unpaired) electrons. The van der Waals surface area contributed by atoms with Gasteiger partial charge in [-0.05, 0) is 31.9 Å². The first kappa shape index (κ1) is 19.1. The van der Waals surface area contributed by atoms with Gasteiger partial charge in [-0.15, -0.1) is 0 Å². The monoisotopic (exact) mass is 399 g/mol. The molecule has 0 aromatic carbocycles. The van der Waals surface area contributed by atoms with Crippen molar-refractivity contribution in [1.29, 1.82) is 0 Å². The molecule has 0 saturated heterocycles. The molecule has 3 heterocycles. The van der Waals surface area contributed by atoms with Crippen LogP contribution in [0.25, 0.3) is 11.0 Å². The van der Waals surface area contributed by atoms with E-state index in [2.05, 4.69) is 15.3 Å². The average Bonchev–Trinajstić information content (AvgIpc) is 3.33. The van der Waals surface area contributed by atoms with E-state index in [1.54, 1.807) is 30.8 Å². The zero-order valence-corrected chi connectivity index (χ0v) is 16.5. The highest BCUT2D eigenvalue weighted by Gasteiger charge is 2.24. The van der Waals surface area contributed by atoms with Crippen molar-refractivity contribution in [3.63, 3.8) is 0 Å². The van der Waals surface area contributed by atoms with Gasteiger partial charge >= 0.3 is 5.97 Å². The highest BCUT2D eigenvalue weighted by molar-refractivity contribution is 5.95. The van der Waals surface area contributed by atoms with Gasteiger partial charge < -0.3 is 14.6 Å². The van der Waals surface area contributed by atoms with Crippen molar-refractivity contribution in [3.8, 4) is 0 Å². The van der Waals surface area contributed by atoms with Crippen LogP contribution in [0.15, 0.2) is 23.1 Å². The molecule has 1 N–H and O–H groups in total. The summed E-state index contributed by atoms with van der Waals surface area (Å²) in [5.74, 6) is -1.07. The van der Waals surface area contributed by atoms with Crippen molar-refractivity contribution in [3.05, 3.63) is 45.9 Å². The molecule has 1 saturated carbocycles. The van der Waals surface area contributed by atoms with E-state index < -0.39 is 17.3 Å². The Balaban J connectivity index is 1.86. The third-order valence-corrected chi connectivity index (χ3v) is 5.43. The molecule has 152 valence electrons. The lowest BCUT2D eigenvalue weighted by atomic mass is 10.2. The van der Waals surface area contributed by atoms with Crippen LogP contribution >= 0.6 is 0 Å². The first-order chi connectivity index (χ1) is 13.9. The largest absolute Gasteiger partial charge is 0.464 e. The predicted molar refractivity (Wildman–Crippen MR) is 106 cm³/mol. The number of hydrogen-bond donors (Lipinski definition) is 1. The molecule has 8 nitrogen and oxygen atoms in total. The van der Waals surface area contributed by atoms with Crippen LogP contribution < -0.4 is 10.9 Å². The summed E-state index contributed by atoms with van der Waals surface area (Å²) in [6.07, 6.45) is 5.34. The third kappa shape index (κ3) is 3.26. The second-order valence-corrected chi connectivity index (χ2v) is 7.28. The fraction of sp³-hybridized carbons (Fsp3) is 0.400. The number of ether oxygens (including phenoxy) is 1. The lowest BCUT2D eigenvalue weighted by Gasteiger charge is -2.18. The maximum Gasteiger partial charge on any atom is 0.356 e. The summed E-state index contributed by atoms with van der Waals surface area (Å²) >= 11 is 0. The van der Waals surface area contributed by atoms with Crippen LogP contribution in [0.2, 0.25) is 0 Å². The standard InChI is InChI=1S/C20H22FN5O3/c1-11-13-10-14(21)18(27)26(12-6-4-5-7-12)17(13)24-20(22-11)23-15-8-9-25(2)16(15)19(28)29-3/h8-10,12H,4-7H2,1-3H3,(H,22,23,24). The quantitative estimate of drug-likeness (QED) is 0.678. The number of carbonyl (C=O) groups is 1. The number of hydrogen-bond acceptors (Lipinski definition) is 6. The first-order valence-electron chi connectivity index (χ1n) is 9.50. The molecule has 0 atom stereocenters. The number of aromatic nitrogens is 4. The Hall–Kier alpha value is -3.23. The summed E-state index contributed by atoms with van der Waals surface area (Å²) in [6.45, 7) is 1.74. The van der Waals surface area contributed by atoms with Crippen molar-refractivity contribution < 1.29 is 13.9 Å². The number of anilines is 2. The molecule has 9 heteroatoms. The fourth-order valence-corrected chi connectivity index (χ4v) is 3.98. The van der Waals surface area contributed by atoms with E-state index in [0.29, 0.717) is 28.1 Å².